The first-order chi connectivity index (χ1) is 7.13. The molecule has 0 aliphatic carbocycles. The van der Waals surface area contributed by atoms with E-state index in [1.165, 1.54) is 7.11 Å². The average molecular weight is 334 g/mol. The molecule has 1 aromatic carbocycles. The van der Waals surface area contributed by atoms with E-state index in [4.69, 9.17) is 4.42 Å². The fraction of sp³-hybridized carbons (Fsp3) is 0.100. The van der Waals surface area contributed by atoms with Crippen LogP contribution >= 0.6 is 31.9 Å². The second kappa shape index (κ2) is 3.98. The number of furan rings is 1. The lowest BCUT2D eigenvalue weighted by atomic mass is 10.2. The van der Waals surface area contributed by atoms with Gasteiger partial charge in [-0.25, -0.2) is 4.79 Å². The van der Waals surface area contributed by atoms with Crippen molar-refractivity contribution in [2.45, 2.75) is 0 Å². The molecule has 0 atom stereocenters. The van der Waals surface area contributed by atoms with E-state index in [9.17, 15) is 4.79 Å². The van der Waals surface area contributed by atoms with Crippen LogP contribution < -0.4 is 0 Å². The van der Waals surface area contributed by atoms with Crippen molar-refractivity contribution in [1.82, 2.24) is 0 Å². The van der Waals surface area contributed by atoms with Crippen LogP contribution in [0.1, 0.15) is 10.4 Å². The smallest absolute Gasteiger partial charge is 0.337 e. The largest absolute Gasteiger partial charge is 0.465 e. The van der Waals surface area contributed by atoms with Crippen LogP contribution in [0, 0.1) is 0 Å². The molecule has 0 aliphatic heterocycles. The Balaban J connectivity index is 2.64. The van der Waals surface area contributed by atoms with Crippen LogP contribution in [-0.2, 0) is 4.74 Å². The minimum Gasteiger partial charge on any atom is -0.465 e. The number of hydrogen-bond acceptors (Lipinski definition) is 3. The summed E-state index contributed by atoms with van der Waals surface area (Å²) in [5, 5.41) is 0.838. The summed E-state index contributed by atoms with van der Waals surface area (Å²) in [7, 11) is 1.35. The fourth-order valence-electron chi connectivity index (χ4n) is 1.28. The summed E-state index contributed by atoms with van der Waals surface area (Å²) in [5.74, 6) is -0.360. The molecule has 1 heterocycles. The highest BCUT2D eigenvalue weighted by molar-refractivity contribution is 9.13. The average Bonchev–Trinajstić information content (AvgIpc) is 2.54. The molecule has 3 nitrogen and oxygen atoms in total. The Hall–Kier alpha value is -0.810. The van der Waals surface area contributed by atoms with Crippen molar-refractivity contribution in [1.29, 1.82) is 0 Å². The number of hydrogen-bond donors (Lipinski definition) is 0. The molecule has 2 rings (SSSR count). The zero-order valence-corrected chi connectivity index (χ0v) is 10.9. The maximum Gasteiger partial charge on any atom is 0.337 e. The van der Waals surface area contributed by atoms with Crippen molar-refractivity contribution >= 4 is 48.8 Å². The molecule has 0 saturated carbocycles. The van der Waals surface area contributed by atoms with Crippen molar-refractivity contribution in [3.63, 3.8) is 0 Å². The first kappa shape index (κ1) is 10.7. The van der Waals surface area contributed by atoms with Crippen molar-refractivity contribution in [3.05, 3.63) is 32.9 Å². The van der Waals surface area contributed by atoms with Gasteiger partial charge in [-0.15, -0.1) is 0 Å². The number of carbonyl (C=O) groups excluding carboxylic acids is 1. The van der Waals surface area contributed by atoms with Crippen LogP contribution in [0.4, 0.5) is 0 Å². The van der Waals surface area contributed by atoms with Gasteiger partial charge in [0, 0.05) is 5.39 Å². The lowest BCUT2D eigenvalue weighted by Crippen LogP contribution is -2.00. The zero-order valence-electron chi connectivity index (χ0n) is 7.71. The van der Waals surface area contributed by atoms with E-state index in [-0.39, 0.29) is 5.97 Å². The Labute approximate surface area is 103 Å². The second-order valence-electron chi connectivity index (χ2n) is 2.89. The first-order valence-electron chi connectivity index (χ1n) is 4.09. The highest BCUT2D eigenvalue weighted by atomic mass is 79.9. The minimum atomic E-state index is -0.360. The maximum absolute atomic E-state index is 11.3. The number of fused-ring (bicyclic) bond motifs is 1. The summed E-state index contributed by atoms with van der Waals surface area (Å²) in [6, 6.07) is 5.12. The van der Waals surface area contributed by atoms with Crippen LogP contribution in [0.5, 0.6) is 0 Å². The van der Waals surface area contributed by atoms with Crippen LogP contribution in [0.3, 0.4) is 0 Å². The minimum absolute atomic E-state index is 0.360. The molecular weight excluding hydrogens is 328 g/mol. The van der Waals surface area contributed by atoms with Gasteiger partial charge in [-0.3, -0.25) is 0 Å². The third-order valence-corrected chi connectivity index (χ3v) is 3.89. The Kier molecular flexibility index (Phi) is 2.84. The Morgan fingerprint density at radius 2 is 2.13 bits per heavy atom. The molecule has 5 heteroatoms. The molecule has 0 radical (unpaired) electrons. The van der Waals surface area contributed by atoms with Crippen molar-refractivity contribution in [3.8, 4) is 0 Å². The van der Waals surface area contributed by atoms with Gasteiger partial charge in [-0.2, -0.15) is 0 Å². The SMILES string of the molecule is COC(=O)c1ccc2oc(Br)c(Br)c2c1. The second-order valence-corrected chi connectivity index (χ2v) is 4.41. The van der Waals surface area contributed by atoms with E-state index in [2.05, 4.69) is 36.6 Å². The predicted octanol–water partition coefficient (Wildman–Crippen LogP) is 3.74. The molecule has 0 spiro atoms. The highest BCUT2D eigenvalue weighted by Crippen LogP contribution is 2.34. The Morgan fingerprint density at radius 1 is 1.40 bits per heavy atom. The molecule has 0 bridgehead atoms. The highest BCUT2D eigenvalue weighted by Gasteiger charge is 2.12. The molecule has 0 unspecified atom stereocenters. The molecule has 0 amide bonds. The normalized spacial score (nSPS) is 10.6. The number of carbonyl (C=O) groups is 1. The Bertz CT molecular complexity index is 531. The number of benzene rings is 1. The van der Waals surface area contributed by atoms with Crippen LogP contribution in [0.15, 0.2) is 31.8 Å². The van der Waals surface area contributed by atoms with Crippen molar-refractivity contribution in [2.75, 3.05) is 7.11 Å². The van der Waals surface area contributed by atoms with Gasteiger partial charge in [0.05, 0.1) is 17.1 Å². The third kappa shape index (κ3) is 1.81. The van der Waals surface area contributed by atoms with E-state index >= 15 is 0 Å². The quantitative estimate of drug-likeness (QED) is 0.746. The summed E-state index contributed by atoms with van der Waals surface area (Å²) in [5.41, 5.74) is 1.21. The Morgan fingerprint density at radius 3 is 2.80 bits per heavy atom. The molecule has 0 fully saturated rings. The fourth-order valence-corrected chi connectivity index (χ4v) is 2.06. The van der Waals surface area contributed by atoms with Gasteiger partial charge in [0.25, 0.3) is 0 Å². The van der Waals surface area contributed by atoms with Crippen molar-refractivity contribution < 1.29 is 13.9 Å². The van der Waals surface area contributed by atoms with E-state index in [0.717, 1.165) is 9.86 Å². The maximum atomic E-state index is 11.3. The van der Waals surface area contributed by atoms with E-state index in [0.29, 0.717) is 15.8 Å². The zero-order chi connectivity index (χ0) is 11.0. The third-order valence-electron chi connectivity index (χ3n) is 2.01. The summed E-state index contributed by atoms with van der Waals surface area (Å²) >= 11 is 6.62. The van der Waals surface area contributed by atoms with Crippen LogP contribution in [0.25, 0.3) is 11.0 Å². The lowest BCUT2D eigenvalue weighted by molar-refractivity contribution is 0.0601. The number of halogens is 2. The number of methoxy groups -OCH3 is 1. The molecule has 1 aromatic heterocycles. The van der Waals surface area contributed by atoms with Crippen LogP contribution in [0.2, 0.25) is 0 Å². The summed E-state index contributed by atoms with van der Waals surface area (Å²) in [6.45, 7) is 0. The monoisotopic (exact) mass is 332 g/mol. The van der Waals surface area contributed by atoms with Gasteiger partial charge in [0.1, 0.15) is 5.58 Å². The lowest BCUT2D eigenvalue weighted by Gasteiger charge is -1.97. The van der Waals surface area contributed by atoms with Gasteiger partial charge in [-0.05, 0) is 50.1 Å². The number of rotatable bonds is 1. The molecule has 15 heavy (non-hydrogen) atoms. The molecule has 0 N–H and O–H groups in total. The molecule has 0 aliphatic rings. The molecular formula is C10H6Br2O3. The van der Waals surface area contributed by atoms with Crippen LogP contribution in [-0.4, -0.2) is 13.1 Å². The predicted molar refractivity (Wildman–Crippen MR) is 63.0 cm³/mol. The van der Waals surface area contributed by atoms with Gasteiger partial charge in [0.15, 0.2) is 4.67 Å². The van der Waals surface area contributed by atoms with E-state index in [1.807, 2.05) is 0 Å². The topological polar surface area (TPSA) is 39.4 Å². The van der Waals surface area contributed by atoms with Gasteiger partial charge >= 0.3 is 5.97 Å². The number of ether oxygens (including phenoxy) is 1. The van der Waals surface area contributed by atoms with E-state index < -0.39 is 0 Å². The standard InChI is InChI=1S/C10H6Br2O3/c1-14-10(13)5-2-3-7-6(4-5)8(11)9(12)15-7/h2-4H,1H3. The molecule has 0 saturated heterocycles. The number of esters is 1. The summed E-state index contributed by atoms with van der Waals surface area (Å²) < 4.78 is 11.4. The molecule has 78 valence electrons. The summed E-state index contributed by atoms with van der Waals surface area (Å²) in [6.07, 6.45) is 0. The van der Waals surface area contributed by atoms with Gasteiger partial charge in [0.2, 0.25) is 0 Å². The summed E-state index contributed by atoms with van der Waals surface area (Å²) in [4.78, 5) is 11.3. The first-order valence-corrected chi connectivity index (χ1v) is 5.68. The van der Waals surface area contributed by atoms with Crippen molar-refractivity contribution in [2.24, 2.45) is 0 Å². The molecule has 2 aromatic rings. The van der Waals surface area contributed by atoms with Gasteiger partial charge < -0.3 is 9.15 Å². The van der Waals surface area contributed by atoms with Gasteiger partial charge in [-0.1, -0.05) is 0 Å². The van der Waals surface area contributed by atoms with E-state index in [1.54, 1.807) is 18.2 Å².